The third kappa shape index (κ3) is 7.59. The summed E-state index contributed by atoms with van der Waals surface area (Å²) in [6.45, 7) is -0.165. The van der Waals surface area contributed by atoms with E-state index in [0.717, 1.165) is 19.3 Å². The average Bonchev–Trinajstić information content (AvgIpc) is 3.23. The van der Waals surface area contributed by atoms with Gasteiger partial charge in [0.2, 0.25) is 11.7 Å². The van der Waals surface area contributed by atoms with Crippen molar-refractivity contribution in [3.8, 4) is 0 Å². The Labute approximate surface area is 199 Å². The van der Waals surface area contributed by atoms with Gasteiger partial charge in [0.05, 0.1) is 30.3 Å². The molecule has 6 N–H and O–H groups in total. The number of carbonyl (C=O) groups excluding carboxylic acids is 1. The molecule has 10 nitrogen and oxygen atoms in total. The van der Waals surface area contributed by atoms with Gasteiger partial charge >= 0.3 is 6.18 Å². The van der Waals surface area contributed by atoms with Crippen molar-refractivity contribution in [1.29, 1.82) is 0 Å². The van der Waals surface area contributed by atoms with Crippen LogP contribution in [0.5, 0.6) is 0 Å². The number of amides is 1. The van der Waals surface area contributed by atoms with E-state index < -0.39 is 48.9 Å². The first-order valence-electron chi connectivity index (χ1n) is 11.4. The molecule has 1 saturated heterocycles. The number of carbonyl (C=O) groups is 1. The molecule has 0 radical (unpaired) electrons. The topological polar surface area (TPSA) is 151 Å². The Hall–Kier alpha value is -2.29. The number of rotatable bonds is 5. The zero-order chi connectivity index (χ0) is 25.6. The number of benzene rings is 1. The van der Waals surface area contributed by atoms with Crippen LogP contribution in [0.4, 0.5) is 18.9 Å². The minimum Gasteiger partial charge on any atom is -0.394 e. The van der Waals surface area contributed by atoms with E-state index in [1.165, 1.54) is 18.2 Å². The van der Waals surface area contributed by atoms with E-state index in [1.54, 1.807) is 4.90 Å². The number of aromatic amines is 1. The molecule has 35 heavy (non-hydrogen) atoms. The van der Waals surface area contributed by atoms with Crippen molar-refractivity contribution in [1.82, 2.24) is 14.9 Å². The maximum Gasteiger partial charge on any atom is 0.449 e. The van der Waals surface area contributed by atoms with E-state index in [-0.39, 0.29) is 36.4 Å². The number of aliphatic hydroxyl groups excluding tert-OH is 4. The summed E-state index contributed by atoms with van der Waals surface area (Å²) in [5.41, 5.74) is 0.500. The number of fused-ring (bicyclic) bond motifs is 1. The first-order valence-corrected chi connectivity index (χ1v) is 11.4. The van der Waals surface area contributed by atoms with Gasteiger partial charge in [-0.3, -0.25) is 9.69 Å². The zero-order valence-electron chi connectivity index (χ0n) is 19.0. The fourth-order valence-electron chi connectivity index (χ4n) is 4.00. The summed E-state index contributed by atoms with van der Waals surface area (Å²) in [5.74, 6) is -1.59. The molecule has 1 aliphatic heterocycles. The molecule has 1 aliphatic rings. The van der Waals surface area contributed by atoms with Gasteiger partial charge in [-0.05, 0) is 37.6 Å². The lowest BCUT2D eigenvalue weighted by Crippen LogP contribution is -2.52. The van der Waals surface area contributed by atoms with E-state index in [1.807, 2.05) is 0 Å². The summed E-state index contributed by atoms with van der Waals surface area (Å²) in [5, 5.41) is 42.9. The molecule has 2 heterocycles. The van der Waals surface area contributed by atoms with E-state index in [0.29, 0.717) is 13.0 Å². The molecule has 2 aromatic rings. The fourth-order valence-corrected chi connectivity index (χ4v) is 4.00. The number of nitrogens with zero attached hydrogens (tertiary/aromatic N) is 2. The maximum absolute atomic E-state index is 12.9. The second-order valence-electron chi connectivity index (χ2n) is 8.66. The molecule has 0 bridgehead atoms. The molecular formula is C22H31F3N4O6. The van der Waals surface area contributed by atoms with Crippen molar-refractivity contribution >= 4 is 22.6 Å². The predicted octanol–water partition coefficient (Wildman–Crippen LogP) is 0.856. The molecular weight excluding hydrogens is 473 g/mol. The van der Waals surface area contributed by atoms with Crippen LogP contribution in [0.3, 0.4) is 0 Å². The normalized spacial score (nSPS) is 24.5. The quantitative estimate of drug-likeness (QED) is 0.351. The summed E-state index contributed by atoms with van der Waals surface area (Å²) in [6.07, 6.45) is -6.98. The summed E-state index contributed by atoms with van der Waals surface area (Å²) in [7, 11) is 0. The number of halogens is 3. The second kappa shape index (κ2) is 12.1. The van der Waals surface area contributed by atoms with Crippen LogP contribution in [0.2, 0.25) is 0 Å². The number of aromatic nitrogens is 2. The molecule has 1 fully saturated rings. The SMILES string of the molecule is O=C(CN1CCCCCCO[C@H]([C@H](O)CO)[C@H](O)[C@H](O)C1)Nc1ccc2nc(C(F)(F)F)[nH]c2c1. The van der Waals surface area contributed by atoms with Crippen LogP contribution < -0.4 is 5.32 Å². The van der Waals surface area contributed by atoms with Gasteiger partial charge in [0, 0.05) is 18.8 Å². The van der Waals surface area contributed by atoms with Crippen molar-refractivity contribution in [3.63, 3.8) is 0 Å². The van der Waals surface area contributed by atoms with Gasteiger partial charge in [0.1, 0.15) is 18.3 Å². The van der Waals surface area contributed by atoms with E-state index in [2.05, 4.69) is 15.3 Å². The van der Waals surface area contributed by atoms with E-state index in [9.17, 15) is 38.4 Å². The first-order chi connectivity index (χ1) is 16.6. The molecule has 3 rings (SSSR count). The maximum atomic E-state index is 12.9. The highest BCUT2D eigenvalue weighted by Crippen LogP contribution is 2.29. The van der Waals surface area contributed by atoms with Crippen LogP contribution in [-0.4, -0.2) is 98.5 Å². The minimum atomic E-state index is -4.62. The van der Waals surface area contributed by atoms with Gasteiger partial charge in [-0.2, -0.15) is 13.2 Å². The van der Waals surface area contributed by atoms with Gasteiger partial charge in [-0.25, -0.2) is 4.98 Å². The summed E-state index contributed by atoms with van der Waals surface area (Å²) >= 11 is 0. The molecule has 0 spiro atoms. The molecule has 13 heteroatoms. The molecule has 0 unspecified atom stereocenters. The smallest absolute Gasteiger partial charge is 0.394 e. The van der Waals surface area contributed by atoms with E-state index in [4.69, 9.17) is 4.74 Å². The van der Waals surface area contributed by atoms with Crippen LogP contribution in [-0.2, 0) is 15.7 Å². The molecule has 1 aromatic carbocycles. The highest BCUT2D eigenvalue weighted by molar-refractivity contribution is 5.94. The van der Waals surface area contributed by atoms with Crippen molar-refractivity contribution in [2.24, 2.45) is 0 Å². The average molecular weight is 505 g/mol. The number of nitrogens with one attached hydrogen (secondary N) is 2. The lowest BCUT2D eigenvalue weighted by Gasteiger charge is -2.33. The Bertz CT molecular complexity index is 972. The van der Waals surface area contributed by atoms with Crippen LogP contribution in [0.15, 0.2) is 18.2 Å². The van der Waals surface area contributed by atoms with Crippen LogP contribution in [0.1, 0.15) is 31.5 Å². The summed E-state index contributed by atoms with van der Waals surface area (Å²) in [6, 6.07) is 4.15. The second-order valence-corrected chi connectivity index (χ2v) is 8.66. The Kier molecular flexibility index (Phi) is 9.44. The van der Waals surface area contributed by atoms with Gasteiger partial charge in [0.25, 0.3) is 0 Å². The fraction of sp³-hybridized carbons (Fsp3) is 0.636. The lowest BCUT2D eigenvalue weighted by atomic mass is 10.0. The Morgan fingerprint density at radius 2 is 2.00 bits per heavy atom. The van der Waals surface area contributed by atoms with Crippen LogP contribution in [0, 0.1) is 0 Å². The minimum absolute atomic E-state index is 0.0961. The number of anilines is 1. The monoisotopic (exact) mass is 504 g/mol. The zero-order valence-corrected chi connectivity index (χ0v) is 19.0. The highest BCUT2D eigenvalue weighted by Gasteiger charge is 2.35. The van der Waals surface area contributed by atoms with Gasteiger partial charge in [0.15, 0.2) is 0 Å². The van der Waals surface area contributed by atoms with Crippen LogP contribution in [0.25, 0.3) is 11.0 Å². The van der Waals surface area contributed by atoms with Gasteiger partial charge < -0.3 is 35.5 Å². The standard InChI is InChI=1S/C22H31F3N4O6/c23-22(24,25)21-27-14-6-5-13(9-15(14)28-21)26-18(33)11-29-7-3-1-2-4-8-35-20(17(32)12-30)19(34)16(31)10-29/h5-6,9,16-17,19-20,30-32,34H,1-4,7-8,10-12H2,(H,26,33)(H,27,28)/t16-,17-,19-,20-/m1/s1. The first kappa shape index (κ1) is 27.3. The molecule has 1 amide bonds. The number of hydrogen-bond acceptors (Lipinski definition) is 8. The molecule has 196 valence electrons. The Morgan fingerprint density at radius 3 is 2.71 bits per heavy atom. The van der Waals surface area contributed by atoms with Gasteiger partial charge in [-0.1, -0.05) is 12.8 Å². The number of aliphatic hydroxyl groups is 4. The van der Waals surface area contributed by atoms with Crippen molar-refractivity contribution in [2.75, 3.05) is 38.2 Å². The van der Waals surface area contributed by atoms with Crippen molar-refractivity contribution in [2.45, 2.75) is 56.3 Å². The van der Waals surface area contributed by atoms with Gasteiger partial charge in [-0.15, -0.1) is 0 Å². The van der Waals surface area contributed by atoms with E-state index >= 15 is 0 Å². The number of alkyl halides is 3. The predicted molar refractivity (Wildman–Crippen MR) is 119 cm³/mol. The number of imidazole rings is 1. The molecule has 1 aromatic heterocycles. The number of ether oxygens (including phenoxy) is 1. The Morgan fingerprint density at radius 1 is 1.26 bits per heavy atom. The van der Waals surface area contributed by atoms with Crippen LogP contribution >= 0.6 is 0 Å². The largest absolute Gasteiger partial charge is 0.449 e. The molecule has 4 atom stereocenters. The third-order valence-corrected chi connectivity index (χ3v) is 5.82. The Balaban J connectivity index is 1.66. The lowest BCUT2D eigenvalue weighted by molar-refractivity contribution is -0.147. The number of hydrogen-bond donors (Lipinski definition) is 6. The number of β-amino-alcohol motifs (C(OH)–C–C–N with tert-alkyl or cyclic N) is 1. The summed E-state index contributed by atoms with van der Waals surface area (Å²) < 4.78 is 44.1. The van der Waals surface area contributed by atoms with Crippen molar-refractivity contribution in [3.05, 3.63) is 24.0 Å². The molecule has 0 saturated carbocycles. The summed E-state index contributed by atoms with van der Waals surface area (Å²) in [4.78, 5) is 20.0. The number of H-pyrrole nitrogens is 1. The third-order valence-electron chi connectivity index (χ3n) is 5.82. The molecule has 0 aliphatic carbocycles. The highest BCUT2D eigenvalue weighted by atomic mass is 19.4. The van der Waals surface area contributed by atoms with Crippen molar-refractivity contribution < 1.29 is 43.1 Å².